The number of ketones is 1. The van der Waals surface area contributed by atoms with E-state index in [1.54, 1.807) is 26.0 Å². The van der Waals surface area contributed by atoms with Gasteiger partial charge in [-0.3, -0.25) is 19.3 Å². The van der Waals surface area contributed by atoms with Gasteiger partial charge in [0.1, 0.15) is 11.5 Å². The van der Waals surface area contributed by atoms with E-state index < -0.39 is 11.8 Å². The predicted octanol–water partition coefficient (Wildman–Crippen LogP) is 2.92. The number of Topliss-reactive ketones (excluding diaryl/α,β-unsaturated/α-hetero) is 1. The van der Waals surface area contributed by atoms with Crippen LogP contribution in [0.2, 0.25) is 0 Å². The van der Waals surface area contributed by atoms with Crippen LogP contribution in [0.5, 0.6) is 0 Å². The number of primary amides is 1. The van der Waals surface area contributed by atoms with Crippen molar-refractivity contribution in [3.8, 4) is 0 Å². The minimum absolute atomic E-state index is 0.0135. The number of nitrogens with zero attached hydrogens (tertiary/aromatic N) is 3. The fourth-order valence-electron chi connectivity index (χ4n) is 5.11. The second-order valence-electron chi connectivity index (χ2n) is 9.66. The average Bonchev–Trinajstić information content (AvgIpc) is 3.28. The van der Waals surface area contributed by atoms with Gasteiger partial charge in [-0.2, -0.15) is 0 Å². The Morgan fingerprint density at radius 2 is 1.89 bits per heavy atom. The first-order chi connectivity index (χ1) is 18.0. The molecule has 0 fully saturated rings. The van der Waals surface area contributed by atoms with Crippen LogP contribution in [0.25, 0.3) is 0 Å². The molecular weight excluding hydrogens is 487 g/mol. The Morgan fingerprint density at radius 3 is 2.58 bits per heavy atom. The number of carbonyl (C=O) groups excluding carboxylic acids is 3. The lowest BCUT2D eigenvalue weighted by atomic mass is 9.95. The number of amides is 2. The predicted molar refractivity (Wildman–Crippen MR) is 141 cm³/mol. The highest BCUT2D eigenvalue weighted by Gasteiger charge is 2.31. The summed E-state index contributed by atoms with van der Waals surface area (Å²) in [4.78, 5) is 47.1. The molecule has 0 bridgehead atoms. The highest BCUT2D eigenvalue weighted by molar-refractivity contribution is 5.96. The topological polar surface area (TPSA) is 144 Å². The highest BCUT2D eigenvalue weighted by Crippen LogP contribution is 2.39. The summed E-state index contributed by atoms with van der Waals surface area (Å²) in [5, 5.41) is 2.77. The van der Waals surface area contributed by atoms with Gasteiger partial charge in [-0.05, 0) is 73.6 Å². The van der Waals surface area contributed by atoms with Crippen LogP contribution in [0.1, 0.15) is 73.7 Å². The van der Waals surface area contributed by atoms with E-state index in [1.165, 1.54) is 12.1 Å². The molecule has 1 atom stereocenters. The van der Waals surface area contributed by atoms with Gasteiger partial charge >= 0.3 is 0 Å². The van der Waals surface area contributed by atoms with E-state index in [0.717, 1.165) is 35.1 Å². The molecule has 198 valence electrons. The number of aryl methyl sites for hydroxylation is 1. The van der Waals surface area contributed by atoms with Gasteiger partial charge < -0.3 is 16.8 Å². The third-order valence-electron chi connectivity index (χ3n) is 6.91. The number of halogens is 1. The summed E-state index contributed by atoms with van der Waals surface area (Å²) in [5.41, 5.74) is 17.1. The van der Waals surface area contributed by atoms with Crippen molar-refractivity contribution < 1.29 is 18.8 Å². The zero-order chi connectivity index (χ0) is 27.6. The summed E-state index contributed by atoms with van der Waals surface area (Å²) in [7, 11) is 0. The van der Waals surface area contributed by atoms with Crippen LogP contribution in [-0.2, 0) is 24.3 Å². The standard InChI is InChI=1S/C28H31FN6O3/c1-15-10-18(4-8-23(15)29)12-32-27(38)24-11-19(33-28(31)34-24)13-35(14-26(30)37)25-9-7-21-16(2)20(17(3)36)5-6-22(21)25/h4-6,8,10-11,25H,7,9,12-14H2,1-3H3,(H2,30,37)(H,32,38)(H2,31,33,34). The van der Waals surface area contributed by atoms with Crippen LogP contribution in [0.15, 0.2) is 36.4 Å². The van der Waals surface area contributed by atoms with Gasteiger partial charge in [0.05, 0.1) is 12.2 Å². The molecule has 10 heteroatoms. The number of nitrogen functional groups attached to an aromatic ring is 1. The summed E-state index contributed by atoms with van der Waals surface area (Å²) in [6, 6.07) is 9.80. The number of aromatic nitrogens is 2. The Balaban J connectivity index is 1.55. The van der Waals surface area contributed by atoms with Crippen molar-refractivity contribution in [2.45, 2.75) is 52.7 Å². The largest absolute Gasteiger partial charge is 0.369 e. The van der Waals surface area contributed by atoms with Crippen LogP contribution in [0, 0.1) is 19.7 Å². The second kappa shape index (κ2) is 11.1. The number of nitrogens with two attached hydrogens (primary N) is 2. The van der Waals surface area contributed by atoms with Crippen molar-refractivity contribution >= 4 is 23.5 Å². The summed E-state index contributed by atoms with van der Waals surface area (Å²) >= 11 is 0. The molecule has 4 rings (SSSR count). The van der Waals surface area contributed by atoms with Crippen LogP contribution >= 0.6 is 0 Å². The van der Waals surface area contributed by atoms with Crippen LogP contribution < -0.4 is 16.8 Å². The maximum atomic E-state index is 13.5. The summed E-state index contributed by atoms with van der Waals surface area (Å²) in [6.45, 7) is 5.53. The first-order valence-corrected chi connectivity index (χ1v) is 12.4. The lowest BCUT2D eigenvalue weighted by Crippen LogP contribution is -2.36. The normalized spacial score (nSPS) is 14.4. The van der Waals surface area contributed by atoms with E-state index in [0.29, 0.717) is 16.8 Å². The molecule has 38 heavy (non-hydrogen) atoms. The van der Waals surface area contributed by atoms with Gasteiger partial charge in [-0.1, -0.05) is 24.3 Å². The quantitative estimate of drug-likeness (QED) is 0.369. The Morgan fingerprint density at radius 1 is 1.13 bits per heavy atom. The second-order valence-corrected chi connectivity index (χ2v) is 9.66. The number of carbonyl (C=O) groups is 3. The maximum Gasteiger partial charge on any atom is 0.270 e. The number of hydrogen-bond acceptors (Lipinski definition) is 7. The number of benzene rings is 2. The first kappa shape index (κ1) is 26.9. The minimum Gasteiger partial charge on any atom is -0.369 e. The molecule has 0 radical (unpaired) electrons. The van der Waals surface area contributed by atoms with Crippen molar-refractivity contribution in [2.75, 3.05) is 12.3 Å². The molecule has 5 N–H and O–H groups in total. The SMILES string of the molecule is CC(=O)c1ccc2c(c1C)CCC2N(CC(N)=O)Cc1cc(C(=O)NCc2ccc(F)c(C)c2)nc(N)n1. The van der Waals surface area contributed by atoms with Crippen LogP contribution in [-0.4, -0.2) is 39.0 Å². The Kier molecular flexibility index (Phi) is 7.82. The van der Waals surface area contributed by atoms with Crippen molar-refractivity contribution in [2.24, 2.45) is 5.73 Å². The summed E-state index contributed by atoms with van der Waals surface area (Å²) in [5.74, 6) is -1.32. The van der Waals surface area contributed by atoms with Gasteiger partial charge in [0.2, 0.25) is 11.9 Å². The molecule has 0 spiro atoms. The molecule has 0 saturated carbocycles. The molecule has 2 aromatic carbocycles. The fourth-order valence-corrected chi connectivity index (χ4v) is 5.11. The lowest BCUT2D eigenvalue weighted by molar-refractivity contribution is -0.119. The molecule has 9 nitrogen and oxygen atoms in total. The summed E-state index contributed by atoms with van der Waals surface area (Å²) in [6.07, 6.45) is 1.51. The van der Waals surface area contributed by atoms with Gasteiger partial charge in [-0.25, -0.2) is 14.4 Å². The number of anilines is 1. The zero-order valence-electron chi connectivity index (χ0n) is 21.7. The molecule has 0 saturated heterocycles. The van der Waals surface area contributed by atoms with Gasteiger partial charge in [0.25, 0.3) is 5.91 Å². The number of fused-ring (bicyclic) bond motifs is 1. The van der Waals surface area contributed by atoms with E-state index >= 15 is 0 Å². The van der Waals surface area contributed by atoms with Gasteiger partial charge in [0.15, 0.2) is 5.78 Å². The molecule has 1 aliphatic carbocycles. The maximum absolute atomic E-state index is 13.5. The van der Waals surface area contributed by atoms with Crippen molar-refractivity contribution in [3.05, 3.63) is 87.0 Å². The average molecular weight is 519 g/mol. The van der Waals surface area contributed by atoms with Crippen LogP contribution in [0.3, 0.4) is 0 Å². The first-order valence-electron chi connectivity index (χ1n) is 12.4. The third kappa shape index (κ3) is 5.86. The molecule has 1 unspecified atom stereocenters. The number of hydrogen-bond donors (Lipinski definition) is 3. The molecule has 2 amide bonds. The van der Waals surface area contributed by atoms with Crippen molar-refractivity contribution in [1.29, 1.82) is 0 Å². The van der Waals surface area contributed by atoms with Crippen molar-refractivity contribution in [3.63, 3.8) is 0 Å². The molecule has 3 aromatic rings. The Labute approximate surface area is 220 Å². The van der Waals surface area contributed by atoms with E-state index in [2.05, 4.69) is 15.3 Å². The Hall–Kier alpha value is -4.18. The number of nitrogens with one attached hydrogen (secondary N) is 1. The smallest absolute Gasteiger partial charge is 0.270 e. The third-order valence-corrected chi connectivity index (χ3v) is 6.91. The van der Waals surface area contributed by atoms with E-state index in [-0.39, 0.29) is 48.9 Å². The number of rotatable bonds is 9. The van der Waals surface area contributed by atoms with Crippen molar-refractivity contribution in [1.82, 2.24) is 20.2 Å². The molecule has 1 aromatic heterocycles. The van der Waals surface area contributed by atoms with E-state index in [4.69, 9.17) is 11.5 Å². The summed E-state index contributed by atoms with van der Waals surface area (Å²) < 4.78 is 13.5. The van der Waals surface area contributed by atoms with Crippen LogP contribution in [0.4, 0.5) is 10.3 Å². The zero-order valence-corrected chi connectivity index (χ0v) is 21.7. The highest BCUT2D eigenvalue weighted by atomic mass is 19.1. The van der Waals surface area contributed by atoms with Gasteiger partial charge in [-0.15, -0.1) is 0 Å². The fraction of sp³-hybridized carbons (Fsp3) is 0.321. The lowest BCUT2D eigenvalue weighted by Gasteiger charge is -2.28. The molecular formula is C28H31FN6O3. The molecule has 1 aliphatic rings. The Bertz CT molecular complexity index is 1420. The van der Waals surface area contributed by atoms with Gasteiger partial charge in [0, 0.05) is 24.7 Å². The monoisotopic (exact) mass is 518 g/mol. The molecule has 0 aliphatic heterocycles. The van der Waals surface area contributed by atoms with E-state index in [9.17, 15) is 18.8 Å². The van der Waals surface area contributed by atoms with E-state index in [1.807, 2.05) is 24.0 Å². The molecule has 1 heterocycles. The minimum atomic E-state index is -0.495.